The first-order valence-corrected chi connectivity index (χ1v) is 7.88. The summed E-state index contributed by atoms with van der Waals surface area (Å²) in [5, 5.41) is 14.5. The van der Waals surface area contributed by atoms with E-state index in [1.807, 2.05) is 6.92 Å². The Hall–Kier alpha value is -2.09. The summed E-state index contributed by atoms with van der Waals surface area (Å²) in [7, 11) is 1.29. The number of hydrogen-bond acceptors (Lipinski definition) is 5. The fourth-order valence-electron chi connectivity index (χ4n) is 1.99. The highest BCUT2D eigenvalue weighted by molar-refractivity contribution is 7.16. The molecule has 0 radical (unpaired) electrons. The Morgan fingerprint density at radius 1 is 1.26 bits per heavy atom. The van der Waals surface area contributed by atoms with Crippen molar-refractivity contribution in [3.05, 3.63) is 16.0 Å². The Morgan fingerprint density at radius 3 is 2.39 bits per heavy atom. The van der Waals surface area contributed by atoms with Crippen LogP contribution in [0.5, 0.6) is 0 Å². The molecule has 0 aliphatic rings. The molecule has 0 spiro atoms. The van der Waals surface area contributed by atoms with E-state index < -0.39 is 23.5 Å². The fraction of sp³-hybridized carbons (Fsp3) is 0.533. The van der Waals surface area contributed by atoms with Crippen molar-refractivity contribution in [2.75, 3.05) is 12.4 Å². The van der Waals surface area contributed by atoms with E-state index in [9.17, 15) is 14.4 Å². The van der Waals surface area contributed by atoms with Gasteiger partial charge in [0.15, 0.2) is 0 Å². The van der Waals surface area contributed by atoms with E-state index in [-0.39, 0.29) is 6.42 Å². The van der Waals surface area contributed by atoms with Gasteiger partial charge in [-0.25, -0.2) is 9.59 Å². The van der Waals surface area contributed by atoms with E-state index in [0.29, 0.717) is 17.0 Å². The molecule has 1 aromatic heterocycles. The van der Waals surface area contributed by atoms with Crippen LogP contribution in [0.15, 0.2) is 0 Å². The fourth-order valence-corrected chi connectivity index (χ4v) is 3.03. The summed E-state index contributed by atoms with van der Waals surface area (Å²) in [6, 6.07) is -0.494. The number of thiophene rings is 1. The van der Waals surface area contributed by atoms with Crippen LogP contribution in [-0.4, -0.2) is 35.7 Å². The first kappa shape index (κ1) is 19.0. The van der Waals surface area contributed by atoms with Crippen molar-refractivity contribution >= 4 is 34.3 Å². The number of amides is 2. The Kier molecular flexibility index (Phi) is 6.14. The van der Waals surface area contributed by atoms with Crippen LogP contribution in [0.1, 0.15) is 47.5 Å². The van der Waals surface area contributed by atoms with Gasteiger partial charge in [0.1, 0.15) is 5.00 Å². The highest BCUT2D eigenvalue weighted by Crippen LogP contribution is 2.33. The third-order valence-corrected chi connectivity index (χ3v) is 4.54. The van der Waals surface area contributed by atoms with Gasteiger partial charge in [0, 0.05) is 16.8 Å². The molecule has 8 heteroatoms. The maximum absolute atomic E-state index is 12.1. The van der Waals surface area contributed by atoms with Gasteiger partial charge < -0.3 is 15.2 Å². The predicted octanol–water partition coefficient (Wildman–Crippen LogP) is 2.92. The van der Waals surface area contributed by atoms with Crippen LogP contribution in [0, 0.1) is 13.8 Å². The summed E-state index contributed by atoms with van der Waals surface area (Å²) in [4.78, 5) is 35.5. The number of esters is 1. The number of aryl methyl sites for hydroxylation is 1. The first-order chi connectivity index (χ1) is 10.6. The summed E-state index contributed by atoms with van der Waals surface area (Å²) < 4.78 is 4.75. The summed E-state index contributed by atoms with van der Waals surface area (Å²) in [6.07, 6.45) is 0.250. The minimum absolute atomic E-state index is 0.0437. The predicted molar refractivity (Wildman–Crippen MR) is 88.2 cm³/mol. The van der Waals surface area contributed by atoms with Crippen molar-refractivity contribution in [3.8, 4) is 0 Å². The van der Waals surface area contributed by atoms with E-state index in [2.05, 4.69) is 10.6 Å². The molecule has 0 bridgehead atoms. The van der Waals surface area contributed by atoms with Gasteiger partial charge in [0.25, 0.3) is 0 Å². The van der Waals surface area contributed by atoms with Gasteiger partial charge in [-0.05, 0) is 39.7 Å². The Bertz CT molecular complexity index is 622. The monoisotopic (exact) mass is 342 g/mol. The zero-order valence-electron chi connectivity index (χ0n) is 13.9. The molecule has 0 unspecified atom stereocenters. The smallest absolute Gasteiger partial charge is 0.341 e. The largest absolute Gasteiger partial charge is 0.481 e. The van der Waals surface area contributed by atoms with Gasteiger partial charge in [-0.3, -0.25) is 10.1 Å². The van der Waals surface area contributed by atoms with E-state index in [0.717, 1.165) is 10.4 Å². The molecule has 0 aromatic carbocycles. The zero-order chi connectivity index (χ0) is 17.8. The normalized spacial score (nSPS) is 11.0. The first-order valence-electron chi connectivity index (χ1n) is 7.06. The molecule has 0 aliphatic heterocycles. The van der Waals surface area contributed by atoms with E-state index >= 15 is 0 Å². The molecule has 0 saturated heterocycles. The van der Waals surface area contributed by atoms with Crippen LogP contribution < -0.4 is 10.6 Å². The maximum atomic E-state index is 12.1. The van der Waals surface area contributed by atoms with Gasteiger partial charge >= 0.3 is 18.0 Å². The number of rotatable bonds is 6. The second-order valence-corrected chi connectivity index (χ2v) is 7.06. The summed E-state index contributed by atoms with van der Waals surface area (Å²) in [6.45, 7) is 7.12. The summed E-state index contributed by atoms with van der Waals surface area (Å²) in [5.74, 6) is -1.43. The molecule has 23 heavy (non-hydrogen) atoms. The average Bonchev–Trinajstić information content (AvgIpc) is 2.70. The van der Waals surface area contributed by atoms with Gasteiger partial charge in [0.2, 0.25) is 0 Å². The summed E-state index contributed by atoms with van der Waals surface area (Å²) >= 11 is 1.29. The van der Waals surface area contributed by atoms with Crippen LogP contribution in [0.25, 0.3) is 0 Å². The third-order valence-electron chi connectivity index (χ3n) is 3.42. The molecule has 0 atom stereocenters. The highest BCUT2D eigenvalue weighted by Gasteiger charge is 2.25. The SMILES string of the molecule is COC(=O)c1c(NC(=O)NC(C)(C)CCC(=O)O)sc(C)c1C. The maximum Gasteiger partial charge on any atom is 0.341 e. The highest BCUT2D eigenvalue weighted by atomic mass is 32.1. The lowest BCUT2D eigenvalue weighted by Gasteiger charge is -2.25. The number of carboxylic acids is 1. The van der Waals surface area contributed by atoms with Crippen LogP contribution in [0.2, 0.25) is 0 Å². The van der Waals surface area contributed by atoms with E-state index in [1.54, 1.807) is 20.8 Å². The van der Waals surface area contributed by atoms with Crippen molar-refractivity contribution < 1.29 is 24.2 Å². The van der Waals surface area contributed by atoms with Crippen LogP contribution in [0.4, 0.5) is 9.80 Å². The molecule has 0 saturated carbocycles. The van der Waals surface area contributed by atoms with Crippen LogP contribution in [0.3, 0.4) is 0 Å². The molecule has 0 fully saturated rings. The number of hydrogen-bond donors (Lipinski definition) is 3. The standard InChI is InChI=1S/C15H22N2O5S/c1-8-9(2)23-12(11(8)13(20)22-5)16-14(21)17-15(3,4)7-6-10(18)19/h6-7H2,1-5H3,(H,18,19)(H2,16,17,21). The number of aliphatic carboxylic acids is 1. The number of anilines is 1. The van der Waals surface area contributed by atoms with Gasteiger partial charge in [-0.15, -0.1) is 11.3 Å². The van der Waals surface area contributed by atoms with Crippen molar-refractivity contribution in [3.63, 3.8) is 0 Å². The molecule has 7 nitrogen and oxygen atoms in total. The van der Waals surface area contributed by atoms with Crippen molar-refractivity contribution in [2.45, 2.75) is 46.1 Å². The van der Waals surface area contributed by atoms with Crippen molar-refractivity contribution in [2.24, 2.45) is 0 Å². The average molecular weight is 342 g/mol. The minimum Gasteiger partial charge on any atom is -0.481 e. The van der Waals surface area contributed by atoms with Crippen molar-refractivity contribution in [1.82, 2.24) is 5.32 Å². The van der Waals surface area contributed by atoms with Crippen LogP contribution >= 0.6 is 11.3 Å². The molecule has 1 aromatic rings. The number of urea groups is 1. The lowest BCUT2D eigenvalue weighted by atomic mass is 9.99. The number of nitrogens with one attached hydrogen (secondary N) is 2. The molecule has 1 rings (SSSR count). The molecule has 3 N–H and O–H groups in total. The van der Waals surface area contributed by atoms with E-state index in [4.69, 9.17) is 9.84 Å². The lowest BCUT2D eigenvalue weighted by molar-refractivity contribution is -0.137. The van der Waals surface area contributed by atoms with Gasteiger partial charge in [-0.1, -0.05) is 0 Å². The number of carbonyl (C=O) groups is 3. The molecule has 1 heterocycles. The molecule has 0 aliphatic carbocycles. The van der Waals surface area contributed by atoms with Gasteiger partial charge in [0.05, 0.1) is 12.7 Å². The number of methoxy groups -OCH3 is 1. The van der Waals surface area contributed by atoms with Crippen LogP contribution in [-0.2, 0) is 9.53 Å². The quantitative estimate of drug-likeness (QED) is 0.689. The lowest BCUT2D eigenvalue weighted by Crippen LogP contribution is -2.45. The Balaban J connectivity index is 2.84. The number of ether oxygens (including phenoxy) is 1. The second kappa shape index (κ2) is 7.45. The minimum atomic E-state index is -0.919. The van der Waals surface area contributed by atoms with E-state index in [1.165, 1.54) is 18.4 Å². The topological polar surface area (TPSA) is 105 Å². The Morgan fingerprint density at radius 2 is 1.87 bits per heavy atom. The molecular formula is C15H22N2O5S. The zero-order valence-corrected chi connectivity index (χ0v) is 14.7. The Labute approximate surface area is 139 Å². The number of carbonyl (C=O) groups excluding carboxylic acids is 2. The van der Waals surface area contributed by atoms with Gasteiger partial charge in [-0.2, -0.15) is 0 Å². The number of carboxylic acid groups (broad SMARTS) is 1. The summed E-state index contributed by atoms with van der Waals surface area (Å²) in [5.41, 5.74) is 0.422. The molecule has 128 valence electrons. The van der Waals surface area contributed by atoms with Crippen molar-refractivity contribution in [1.29, 1.82) is 0 Å². The molecule has 2 amide bonds. The molecular weight excluding hydrogens is 320 g/mol. The second-order valence-electron chi connectivity index (χ2n) is 5.84. The third kappa shape index (κ3) is 5.24.